The molecule has 1 aromatic carbocycles. The Hall–Kier alpha value is -2.57. The molecule has 0 aliphatic carbocycles. The van der Waals surface area contributed by atoms with E-state index in [2.05, 4.69) is 18.2 Å². The molecule has 0 radical (unpaired) electrons. The summed E-state index contributed by atoms with van der Waals surface area (Å²) < 4.78 is 0. The second-order valence-corrected chi connectivity index (χ2v) is 8.50. The summed E-state index contributed by atoms with van der Waals surface area (Å²) >= 11 is 0. The fraction of sp³-hybridized carbons (Fsp3) is 0.591. The number of piperidine rings is 2. The monoisotopic (exact) mass is 398 g/mol. The number of nitrogens with zero attached hydrogens (tertiary/aromatic N) is 3. The smallest absolute Gasteiger partial charge is 0.314 e. The molecule has 4 amide bonds. The normalized spacial score (nSPS) is 22.9. The number of hydrogen-bond donors (Lipinski definition) is 1. The van der Waals surface area contributed by atoms with Gasteiger partial charge in [0, 0.05) is 45.2 Å². The molecule has 0 bridgehead atoms. The molecular weight excluding hydrogens is 368 g/mol. The first kappa shape index (κ1) is 19.7. The van der Waals surface area contributed by atoms with Crippen LogP contribution in [0.25, 0.3) is 0 Å². The van der Waals surface area contributed by atoms with Gasteiger partial charge in [-0.1, -0.05) is 24.3 Å². The van der Waals surface area contributed by atoms with E-state index in [1.807, 2.05) is 15.9 Å². The van der Waals surface area contributed by atoms with E-state index in [0.717, 1.165) is 38.6 Å². The zero-order valence-corrected chi connectivity index (χ0v) is 16.9. The van der Waals surface area contributed by atoms with Gasteiger partial charge in [-0.05, 0) is 43.2 Å². The minimum atomic E-state index is -0.449. The van der Waals surface area contributed by atoms with Gasteiger partial charge in [-0.15, -0.1) is 0 Å². The molecule has 3 heterocycles. The van der Waals surface area contributed by atoms with E-state index in [0.29, 0.717) is 32.7 Å². The lowest BCUT2D eigenvalue weighted by atomic mass is 9.91. The summed E-state index contributed by atoms with van der Waals surface area (Å²) in [5.74, 6) is 0.165. The van der Waals surface area contributed by atoms with Crippen molar-refractivity contribution in [2.24, 2.45) is 17.6 Å². The van der Waals surface area contributed by atoms with Crippen molar-refractivity contribution in [2.75, 3.05) is 32.7 Å². The minimum Gasteiger partial charge on any atom is -0.351 e. The van der Waals surface area contributed by atoms with E-state index in [9.17, 15) is 14.4 Å². The molecule has 7 nitrogen and oxygen atoms in total. The van der Waals surface area contributed by atoms with Crippen molar-refractivity contribution in [3.63, 3.8) is 0 Å². The fourth-order valence-electron chi connectivity index (χ4n) is 4.93. The van der Waals surface area contributed by atoms with Gasteiger partial charge in [0.05, 0.1) is 5.92 Å². The number of carbonyl (C=O) groups excluding carboxylic acids is 3. The Morgan fingerprint density at radius 2 is 1.48 bits per heavy atom. The van der Waals surface area contributed by atoms with E-state index < -0.39 is 6.03 Å². The summed E-state index contributed by atoms with van der Waals surface area (Å²) in [4.78, 5) is 42.8. The Kier molecular flexibility index (Phi) is 5.74. The molecule has 0 spiro atoms. The molecule has 0 aromatic heterocycles. The van der Waals surface area contributed by atoms with Gasteiger partial charge < -0.3 is 20.4 Å². The number of amides is 4. The van der Waals surface area contributed by atoms with Crippen LogP contribution in [0.15, 0.2) is 24.3 Å². The number of primary amides is 1. The zero-order chi connectivity index (χ0) is 20.4. The molecule has 2 fully saturated rings. The second kappa shape index (κ2) is 8.43. The highest BCUT2D eigenvalue weighted by atomic mass is 16.2. The van der Waals surface area contributed by atoms with Gasteiger partial charge in [-0.2, -0.15) is 0 Å². The number of carbonyl (C=O) groups is 3. The summed E-state index contributed by atoms with van der Waals surface area (Å²) in [7, 11) is 0. The third kappa shape index (κ3) is 4.23. The summed E-state index contributed by atoms with van der Waals surface area (Å²) in [6, 6.07) is 7.89. The summed E-state index contributed by atoms with van der Waals surface area (Å²) in [5.41, 5.74) is 7.97. The maximum absolute atomic E-state index is 13.0. The number of likely N-dealkylation sites (tertiary alicyclic amines) is 2. The summed E-state index contributed by atoms with van der Waals surface area (Å²) in [5, 5.41) is 0. The first-order valence-electron chi connectivity index (χ1n) is 10.7. The lowest BCUT2D eigenvalue weighted by Gasteiger charge is -2.38. The van der Waals surface area contributed by atoms with Crippen LogP contribution in [0, 0.1) is 11.8 Å². The van der Waals surface area contributed by atoms with Crippen molar-refractivity contribution >= 4 is 17.8 Å². The first-order valence-corrected chi connectivity index (χ1v) is 10.7. The maximum Gasteiger partial charge on any atom is 0.314 e. The Morgan fingerprint density at radius 3 is 2.21 bits per heavy atom. The number of benzene rings is 1. The Balaban J connectivity index is 1.30. The van der Waals surface area contributed by atoms with Crippen molar-refractivity contribution in [3.8, 4) is 0 Å². The zero-order valence-electron chi connectivity index (χ0n) is 16.9. The standard InChI is InChI=1S/C22H30N4O3/c23-22(29)26-10-3-6-19(15-26)21(28)24-11-8-17(9-12-24)20(27)25-13-7-16-4-1-2-5-18(16)14-25/h1-2,4-5,17,19H,3,6-15H2,(H2,23,29). The van der Waals surface area contributed by atoms with Gasteiger partial charge in [0.2, 0.25) is 11.8 Å². The Labute approximate surface area is 171 Å². The molecule has 3 aliphatic rings. The third-order valence-corrected chi connectivity index (χ3v) is 6.68. The topological polar surface area (TPSA) is 87.0 Å². The molecule has 2 saturated heterocycles. The van der Waals surface area contributed by atoms with Crippen LogP contribution in [0.3, 0.4) is 0 Å². The highest BCUT2D eigenvalue weighted by Gasteiger charge is 2.35. The van der Waals surface area contributed by atoms with Gasteiger partial charge >= 0.3 is 6.03 Å². The molecule has 0 saturated carbocycles. The van der Waals surface area contributed by atoms with Crippen LogP contribution in [0.1, 0.15) is 36.8 Å². The van der Waals surface area contributed by atoms with Crippen molar-refractivity contribution in [3.05, 3.63) is 35.4 Å². The molecule has 1 unspecified atom stereocenters. The van der Waals surface area contributed by atoms with Gasteiger partial charge in [0.15, 0.2) is 0 Å². The van der Waals surface area contributed by atoms with Crippen LogP contribution in [0.2, 0.25) is 0 Å². The minimum absolute atomic E-state index is 0.00205. The Bertz CT molecular complexity index is 788. The molecule has 29 heavy (non-hydrogen) atoms. The largest absolute Gasteiger partial charge is 0.351 e. The molecular formula is C22H30N4O3. The number of fused-ring (bicyclic) bond motifs is 1. The highest BCUT2D eigenvalue weighted by molar-refractivity contribution is 5.82. The van der Waals surface area contributed by atoms with Crippen LogP contribution in [-0.2, 0) is 22.6 Å². The van der Waals surface area contributed by atoms with Crippen LogP contribution < -0.4 is 5.73 Å². The number of rotatable bonds is 2. The first-order chi connectivity index (χ1) is 14.0. The number of hydrogen-bond acceptors (Lipinski definition) is 3. The van der Waals surface area contributed by atoms with Gasteiger partial charge in [-0.3, -0.25) is 9.59 Å². The lowest BCUT2D eigenvalue weighted by Crippen LogP contribution is -2.51. The summed E-state index contributed by atoms with van der Waals surface area (Å²) in [6.07, 6.45) is 3.96. The van der Waals surface area contributed by atoms with Crippen LogP contribution in [0.5, 0.6) is 0 Å². The third-order valence-electron chi connectivity index (χ3n) is 6.68. The second-order valence-electron chi connectivity index (χ2n) is 8.50. The van der Waals surface area contributed by atoms with Crippen molar-refractivity contribution < 1.29 is 14.4 Å². The van der Waals surface area contributed by atoms with E-state index in [4.69, 9.17) is 5.73 Å². The van der Waals surface area contributed by atoms with Crippen molar-refractivity contribution in [2.45, 2.75) is 38.6 Å². The average Bonchev–Trinajstić information content (AvgIpc) is 2.78. The average molecular weight is 399 g/mol. The molecule has 156 valence electrons. The van der Waals surface area contributed by atoms with E-state index >= 15 is 0 Å². The van der Waals surface area contributed by atoms with E-state index in [-0.39, 0.29) is 23.7 Å². The van der Waals surface area contributed by atoms with Gasteiger partial charge in [0.25, 0.3) is 0 Å². The molecule has 2 N–H and O–H groups in total. The van der Waals surface area contributed by atoms with Crippen LogP contribution in [0.4, 0.5) is 4.79 Å². The fourth-order valence-corrected chi connectivity index (χ4v) is 4.93. The highest BCUT2D eigenvalue weighted by Crippen LogP contribution is 2.26. The SMILES string of the molecule is NC(=O)N1CCCC(C(=O)N2CCC(C(=O)N3CCc4ccccc4C3)CC2)C1. The number of urea groups is 1. The molecule has 7 heteroatoms. The lowest BCUT2D eigenvalue weighted by molar-refractivity contribution is -0.143. The van der Waals surface area contributed by atoms with Gasteiger partial charge in [0.1, 0.15) is 0 Å². The Morgan fingerprint density at radius 1 is 0.793 bits per heavy atom. The van der Waals surface area contributed by atoms with Crippen molar-refractivity contribution in [1.82, 2.24) is 14.7 Å². The molecule has 1 aromatic rings. The van der Waals surface area contributed by atoms with Crippen molar-refractivity contribution in [1.29, 1.82) is 0 Å². The number of nitrogens with two attached hydrogens (primary N) is 1. The van der Waals surface area contributed by atoms with Crippen LogP contribution >= 0.6 is 0 Å². The van der Waals surface area contributed by atoms with Crippen LogP contribution in [-0.4, -0.2) is 65.3 Å². The molecule has 1 atom stereocenters. The van der Waals surface area contributed by atoms with Gasteiger partial charge in [-0.25, -0.2) is 4.79 Å². The predicted molar refractivity (Wildman–Crippen MR) is 109 cm³/mol. The quantitative estimate of drug-likeness (QED) is 0.821. The van der Waals surface area contributed by atoms with E-state index in [1.165, 1.54) is 11.1 Å². The van der Waals surface area contributed by atoms with E-state index in [1.54, 1.807) is 4.90 Å². The molecule has 4 rings (SSSR count). The maximum atomic E-state index is 13.0. The molecule has 3 aliphatic heterocycles. The summed E-state index contributed by atoms with van der Waals surface area (Å²) in [6.45, 7) is 3.76. The predicted octanol–water partition coefficient (Wildman–Crippen LogP) is 1.60.